The smallest absolute Gasteiger partial charge is 0.252 e. The van der Waals surface area contributed by atoms with E-state index in [1.807, 2.05) is 0 Å². The number of amides is 1. The Morgan fingerprint density at radius 2 is 1.97 bits per heavy atom. The van der Waals surface area contributed by atoms with Crippen LogP contribution in [0.1, 0.15) is 35.7 Å². The number of likely N-dealkylation sites (tertiary alicyclic amines) is 1. The van der Waals surface area contributed by atoms with Crippen molar-refractivity contribution in [2.45, 2.75) is 38.4 Å². The molecule has 1 aromatic carbocycles. The van der Waals surface area contributed by atoms with Gasteiger partial charge >= 0.3 is 0 Å². The normalized spacial score (nSPS) is 19.9. The molecule has 2 atom stereocenters. The third kappa shape index (κ3) is 6.56. The highest BCUT2D eigenvalue weighted by atomic mass is 16.1. The summed E-state index contributed by atoms with van der Waals surface area (Å²) in [5.74, 6) is 0.659. The fraction of sp³-hybridized carbons (Fsp3) is 0.435. The van der Waals surface area contributed by atoms with Gasteiger partial charge in [-0.1, -0.05) is 30.3 Å². The maximum Gasteiger partial charge on any atom is 0.252 e. The van der Waals surface area contributed by atoms with Crippen molar-refractivity contribution in [3.63, 3.8) is 0 Å². The van der Waals surface area contributed by atoms with Gasteiger partial charge in [0, 0.05) is 57.7 Å². The number of rotatable bonds is 7. The lowest BCUT2D eigenvalue weighted by Gasteiger charge is -2.38. The molecule has 1 aliphatic rings. The van der Waals surface area contributed by atoms with E-state index in [0.29, 0.717) is 30.7 Å². The Bertz CT molecular complexity index is 811. The average Bonchev–Trinajstić information content (AvgIpc) is 2.78. The summed E-state index contributed by atoms with van der Waals surface area (Å²) in [5.41, 5.74) is 1.93. The third-order valence-corrected chi connectivity index (χ3v) is 5.43. The van der Waals surface area contributed by atoms with Gasteiger partial charge in [-0.15, -0.1) is 0 Å². The topological polar surface area (TPSA) is 81.6 Å². The molecule has 3 N–H and O–H groups in total. The molecule has 160 valence electrons. The van der Waals surface area contributed by atoms with E-state index in [2.05, 4.69) is 68.1 Å². The van der Waals surface area contributed by atoms with Crippen LogP contribution in [0.4, 0.5) is 0 Å². The first-order valence-electron chi connectivity index (χ1n) is 10.6. The van der Waals surface area contributed by atoms with Crippen molar-refractivity contribution in [1.82, 2.24) is 25.8 Å². The molecule has 7 nitrogen and oxygen atoms in total. The number of guanidine groups is 1. The summed E-state index contributed by atoms with van der Waals surface area (Å²) in [5, 5.41) is 9.70. The maximum atomic E-state index is 12.0. The molecule has 2 aromatic rings. The zero-order chi connectivity index (χ0) is 21.2. The minimum Gasteiger partial charge on any atom is -0.355 e. The van der Waals surface area contributed by atoms with Gasteiger partial charge in [0.2, 0.25) is 0 Å². The standard InChI is InChI=1S/C23H32N6O/c1-18-15-21(10-14-29(18)17-19-7-4-3-5-8-19)28-23(24-2)27-13-12-26-22(30)20-9-6-11-25-16-20/h3-9,11,16,18,21H,10,12-15,17H2,1-2H3,(H,26,30)(H2,24,27,28). The third-order valence-electron chi connectivity index (χ3n) is 5.43. The summed E-state index contributed by atoms with van der Waals surface area (Å²) in [6.07, 6.45) is 5.37. The van der Waals surface area contributed by atoms with Crippen LogP contribution < -0.4 is 16.0 Å². The van der Waals surface area contributed by atoms with Crippen LogP contribution in [0, 0.1) is 0 Å². The molecular formula is C23H32N6O. The van der Waals surface area contributed by atoms with Gasteiger partial charge in [-0.25, -0.2) is 0 Å². The molecule has 1 amide bonds. The van der Waals surface area contributed by atoms with Crippen LogP contribution in [0.2, 0.25) is 0 Å². The van der Waals surface area contributed by atoms with Crippen LogP contribution in [0.25, 0.3) is 0 Å². The van der Waals surface area contributed by atoms with E-state index in [-0.39, 0.29) is 5.91 Å². The number of carbonyl (C=O) groups is 1. The van der Waals surface area contributed by atoms with Crippen molar-refractivity contribution < 1.29 is 4.79 Å². The molecule has 1 aromatic heterocycles. The number of piperidine rings is 1. The van der Waals surface area contributed by atoms with Gasteiger partial charge in [0.1, 0.15) is 0 Å². The number of carbonyl (C=O) groups excluding carboxylic acids is 1. The second kappa shape index (κ2) is 11.3. The number of nitrogens with zero attached hydrogens (tertiary/aromatic N) is 3. The quantitative estimate of drug-likeness (QED) is 0.371. The van der Waals surface area contributed by atoms with Gasteiger partial charge in [0.25, 0.3) is 5.91 Å². The molecule has 0 radical (unpaired) electrons. The molecule has 7 heteroatoms. The van der Waals surface area contributed by atoms with Crippen molar-refractivity contribution in [2.24, 2.45) is 4.99 Å². The lowest BCUT2D eigenvalue weighted by Crippen LogP contribution is -2.52. The summed E-state index contributed by atoms with van der Waals surface area (Å²) in [6.45, 7) is 5.47. The van der Waals surface area contributed by atoms with Gasteiger partial charge in [-0.05, 0) is 37.5 Å². The maximum absolute atomic E-state index is 12.0. The van der Waals surface area contributed by atoms with E-state index in [1.165, 1.54) is 5.56 Å². The van der Waals surface area contributed by atoms with Gasteiger partial charge in [0.15, 0.2) is 5.96 Å². The highest BCUT2D eigenvalue weighted by molar-refractivity contribution is 5.93. The minimum absolute atomic E-state index is 0.118. The van der Waals surface area contributed by atoms with E-state index in [1.54, 1.807) is 31.6 Å². The SMILES string of the molecule is CN=C(NCCNC(=O)c1cccnc1)NC1CCN(Cc2ccccc2)C(C)C1. The van der Waals surface area contributed by atoms with Crippen molar-refractivity contribution >= 4 is 11.9 Å². The number of benzene rings is 1. The van der Waals surface area contributed by atoms with E-state index in [0.717, 1.165) is 31.9 Å². The molecule has 30 heavy (non-hydrogen) atoms. The summed E-state index contributed by atoms with van der Waals surface area (Å²) in [4.78, 5) is 22.9. The average molecular weight is 409 g/mol. The molecule has 0 bridgehead atoms. The summed E-state index contributed by atoms with van der Waals surface area (Å²) in [7, 11) is 1.78. The molecule has 2 unspecified atom stereocenters. The van der Waals surface area contributed by atoms with Gasteiger partial charge in [-0.3, -0.25) is 19.7 Å². The first-order chi connectivity index (χ1) is 14.7. The Morgan fingerprint density at radius 1 is 1.17 bits per heavy atom. The Kier molecular flexibility index (Phi) is 8.20. The Balaban J connectivity index is 1.37. The highest BCUT2D eigenvalue weighted by Crippen LogP contribution is 2.19. The van der Waals surface area contributed by atoms with Crippen LogP contribution in [-0.2, 0) is 6.54 Å². The van der Waals surface area contributed by atoms with E-state index >= 15 is 0 Å². The fourth-order valence-electron chi connectivity index (χ4n) is 3.75. The number of aromatic nitrogens is 1. The molecule has 3 rings (SSSR count). The molecule has 1 saturated heterocycles. The number of nitrogens with one attached hydrogen (secondary N) is 3. The van der Waals surface area contributed by atoms with Crippen molar-refractivity contribution in [2.75, 3.05) is 26.7 Å². The van der Waals surface area contributed by atoms with Crippen LogP contribution in [-0.4, -0.2) is 60.5 Å². The van der Waals surface area contributed by atoms with Crippen molar-refractivity contribution in [3.05, 3.63) is 66.0 Å². The monoisotopic (exact) mass is 408 g/mol. The highest BCUT2D eigenvalue weighted by Gasteiger charge is 2.25. The van der Waals surface area contributed by atoms with E-state index in [9.17, 15) is 4.79 Å². The van der Waals surface area contributed by atoms with Crippen molar-refractivity contribution in [3.8, 4) is 0 Å². The minimum atomic E-state index is -0.118. The predicted octanol–water partition coefficient (Wildman–Crippen LogP) is 2.03. The zero-order valence-electron chi connectivity index (χ0n) is 17.8. The molecule has 2 heterocycles. The van der Waals surface area contributed by atoms with Crippen LogP contribution in [0.5, 0.6) is 0 Å². The molecule has 0 saturated carbocycles. The lowest BCUT2D eigenvalue weighted by molar-refractivity contribution is 0.0954. The zero-order valence-corrected chi connectivity index (χ0v) is 17.8. The fourth-order valence-corrected chi connectivity index (χ4v) is 3.75. The molecular weight excluding hydrogens is 376 g/mol. The van der Waals surface area contributed by atoms with Gasteiger partial charge in [-0.2, -0.15) is 0 Å². The largest absolute Gasteiger partial charge is 0.355 e. The molecule has 1 fully saturated rings. The van der Waals surface area contributed by atoms with Gasteiger partial charge < -0.3 is 16.0 Å². The summed E-state index contributed by atoms with van der Waals surface area (Å²) >= 11 is 0. The second-order valence-corrected chi connectivity index (χ2v) is 7.67. The number of pyridine rings is 1. The van der Waals surface area contributed by atoms with Crippen LogP contribution >= 0.6 is 0 Å². The Hall–Kier alpha value is -2.93. The summed E-state index contributed by atoms with van der Waals surface area (Å²) < 4.78 is 0. The van der Waals surface area contributed by atoms with E-state index in [4.69, 9.17) is 0 Å². The first-order valence-corrected chi connectivity index (χ1v) is 10.6. The Labute approximate surface area is 179 Å². The number of hydrogen-bond donors (Lipinski definition) is 3. The van der Waals surface area contributed by atoms with Gasteiger partial charge in [0.05, 0.1) is 5.56 Å². The molecule has 1 aliphatic heterocycles. The van der Waals surface area contributed by atoms with Crippen molar-refractivity contribution in [1.29, 1.82) is 0 Å². The van der Waals surface area contributed by atoms with Crippen LogP contribution in [0.3, 0.4) is 0 Å². The lowest BCUT2D eigenvalue weighted by atomic mass is 9.97. The van der Waals surface area contributed by atoms with E-state index < -0.39 is 0 Å². The molecule has 0 aliphatic carbocycles. The molecule has 0 spiro atoms. The number of hydrogen-bond acceptors (Lipinski definition) is 4. The first kappa shape index (κ1) is 21.8. The van der Waals surface area contributed by atoms with Crippen LogP contribution in [0.15, 0.2) is 59.9 Å². The summed E-state index contributed by atoms with van der Waals surface area (Å²) in [6, 6.07) is 15.0. The second-order valence-electron chi connectivity index (χ2n) is 7.67. The number of aliphatic imine (C=N–C) groups is 1. The Morgan fingerprint density at radius 3 is 2.67 bits per heavy atom. The predicted molar refractivity (Wildman–Crippen MR) is 120 cm³/mol.